The summed E-state index contributed by atoms with van der Waals surface area (Å²) in [5.41, 5.74) is -3.32. The molecule has 0 aromatic carbocycles. The number of likely N-dealkylation sites (N-methyl/N-ethyl adjacent to an activating group) is 1. The first-order valence-electron chi connectivity index (χ1n) is 16.7. The molecule has 14 nitrogen and oxygen atoms in total. The quantitative estimate of drug-likeness (QED) is 0.0963. The van der Waals surface area contributed by atoms with Crippen LogP contribution in [0, 0.1) is 23.7 Å². The Morgan fingerprint density at radius 1 is 1.00 bits per heavy atom. The van der Waals surface area contributed by atoms with Crippen LogP contribution in [0.5, 0.6) is 0 Å². The standard InChI is InChI=1S/C33H62N2O12/c1-12-24-33(8,41)28(38)20(4)25(34-44-17-43-14-13-42-11)18(2)16-32(7,40)29(21(5)26(36)22(6)30(39)46-24)47-31-27(37)23(35(9)10)15-19(3)45-31/h18-24,26-29,31,36-38,40-41H,12-17H2,1-11H3/b34-25+/t18-,19-,20+,21+,22-,23?,24-,26+,27?,28-,29-,31+,32-,33-/m1/s1. The van der Waals surface area contributed by atoms with Crippen molar-refractivity contribution in [3.05, 3.63) is 0 Å². The molecule has 14 atom stereocenters. The van der Waals surface area contributed by atoms with E-state index in [9.17, 15) is 30.3 Å². The van der Waals surface area contributed by atoms with E-state index in [2.05, 4.69) is 5.16 Å². The molecule has 2 unspecified atom stereocenters. The summed E-state index contributed by atoms with van der Waals surface area (Å²) in [6.45, 7) is 13.5. The topological polar surface area (TPSA) is 189 Å². The van der Waals surface area contributed by atoms with Crippen molar-refractivity contribution in [1.29, 1.82) is 0 Å². The molecule has 0 aromatic heterocycles. The molecule has 0 aliphatic carbocycles. The van der Waals surface area contributed by atoms with Gasteiger partial charge in [0.2, 0.25) is 6.79 Å². The minimum absolute atomic E-state index is 0.00777. The predicted octanol–water partition coefficient (Wildman–Crippen LogP) is 1.28. The van der Waals surface area contributed by atoms with Gasteiger partial charge in [0.1, 0.15) is 17.8 Å². The zero-order valence-electron chi connectivity index (χ0n) is 30.2. The molecule has 2 aliphatic heterocycles. The number of esters is 1. The molecule has 47 heavy (non-hydrogen) atoms. The third-order valence-electron chi connectivity index (χ3n) is 9.85. The monoisotopic (exact) mass is 678 g/mol. The minimum Gasteiger partial charge on any atom is -0.459 e. The summed E-state index contributed by atoms with van der Waals surface area (Å²) >= 11 is 0. The molecule has 276 valence electrons. The number of carbonyl (C=O) groups is 1. The maximum Gasteiger partial charge on any atom is 0.311 e. The average Bonchev–Trinajstić information content (AvgIpc) is 3.00. The first kappa shape index (κ1) is 41.7. The third-order valence-corrected chi connectivity index (χ3v) is 9.85. The van der Waals surface area contributed by atoms with E-state index in [0.717, 1.165) is 0 Å². The van der Waals surface area contributed by atoms with E-state index in [0.29, 0.717) is 18.7 Å². The molecule has 0 radical (unpaired) electrons. The molecule has 0 amide bonds. The number of aliphatic hydroxyl groups excluding tert-OH is 3. The second-order valence-electron chi connectivity index (χ2n) is 14.2. The number of hydrogen-bond acceptors (Lipinski definition) is 14. The molecule has 5 N–H and O–H groups in total. The van der Waals surface area contributed by atoms with Gasteiger partial charge in [-0.3, -0.25) is 4.79 Å². The summed E-state index contributed by atoms with van der Waals surface area (Å²) in [6, 6.07) is -0.289. The number of cyclic esters (lactones) is 1. The van der Waals surface area contributed by atoms with E-state index >= 15 is 0 Å². The lowest BCUT2D eigenvalue weighted by Crippen LogP contribution is -2.60. The SMILES string of the molecule is CC[C@H]1OC(=O)[C@H](C)[C@@H](O)[C@H](C)[C@@H](O[C@@H]2O[C@H](C)CC(N(C)C)C2O)[C@](C)(O)C[C@@H](C)/C(=N\OCOCCOC)[C@H](C)[C@@H](O)[C@]1(C)O. The number of aliphatic hydroxyl groups is 5. The molecular weight excluding hydrogens is 616 g/mol. The van der Waals surface area contributed by atoms with Crippen LogP contribution < -0.4 is 0 Å². The Morgan fingerprint density at radius 2 is 1.64 bits per heavy atom. The molecular formula is C33H62N2O12. The lowest BCUT2D eigenvalue weighted by atomic mass is 9.73. The van der Waals surface area contributed by atoms with Crippen LogP contribution in [-0.4, -0.2) is 143 Å². The Hall–Kier alpha value is -1.46. The van der Waals surface area contributed by atoms with E-state index in [1.165, 1.54) is 13.8 Å². The van der Waals surface area contributed by atoms with Crippen molar-refractivity contribution in [2.24, 2.45) is 28.8 Å². The van der Waals surface area contributed by atoms with Crippen molar-refractivity contribution < 1.29 is 58.8 Å². The van der Waals surface area contributed by atoms with Crippen molar-refractivity contribution in [1.82, 2.24) is 4.90 Å². The Bertz CT molecular complexity index is 995. The van der Waals surface area contributed by atoms with Crippen LogP contribution in [-0.2, 0) is 33.3 Å². The summed E-state index contributed by atoms with van der Waals surface area (Å²) < 4.78 is 28.5. The van der Waals surface area contributed by atoms with Gasteiger partial charge in [-0.25, -0.2) is 0 Å². The first-order valence-corrected chi connectivity index (χ1v) is 16.7. The molecule has 0 aromatic rings. The fourth-order valence-corrected chi connectivity index (χ4v) is 6.93. The van der Waals surface area contributed by atoms with Gasteiger partial charge in [0.15, 0.2) is 6.29 Å². The van der Waals surface area contributed by atoms with E-state index < -0.39 is 77.7 Å². The zero-order chi connectivity index (χ0) is 35.9. The number of hydrogen-bond donors (Lipinski definition) is 5. The van der Waals surface area contributed by atoms with Crippen LogP contribution in [0.15, 0.2) is 5.16 Å². The van der Waals surface area contributed by atoms with E-state index in [1.54, 1.807) is 41.7 Å². The minimum atomic E-state index is -1.91. The first-order chi connectivity index (χ1) is 21.8. The maximum absolute atomic E-state index is 13.4. The van der Waals surface area contributed by atoms with E-state index in [-0.39, 0.29) is 38.4 Å². The van der Waals surface area contributed by atoms with Gasteiger partial charge >= 0.3 is 5.97 Å². The molecule has 2 aliphatic rings. The van der Waals surface area contributed by atoms with E-state index in [1.807, 2.05) is 25.9 Å². The highest BCUT2D eigenvalue weighted by Gasteiger charge is 2.51. The highest BCUT2D eigenvalue weighted by Crippen LogP contribution is 2.38. The van der Waals surface area contributed by atoms with Gasteiger partial charge < -0.3 is 59.0 Å². The fraction of sp³-hybridized carbons (Fsp3) is 0.939. The van der Waals surface area contributed by atoms with Gasteiger partial charge in [0, 0.05) is 30.9 Å². The lowest BCUT2D eigenvalue weighted by Gasteiger charge is -2.47. The summed E-state index contributed by atoms with van der Waals surface area (Å²) in [7, 11) is 5.25. The van der Waals surface area contributed by atoms with Gasteiger partial charge in [-0.1, -0.05) is 32.9 Å². The average molecular weight is 679 g/mol. The van der Waals surface area contributed by atoms with E-state index in [4.69, 9.17) is 28.5 Å². The van der Waals surface area contributed by atoms with Crippen molar-refractivity contribution in [2.75, 3.05) is 41.2 Å². The number of carbonyl (C=O) groups excluding carboxylic acids is 1. The van der Waals surface area contributed by atoms with Gasteiger partial charge in [-0.2, -0.15) is 0 Å². The van der Waals surface area contributed by atoms with Gasteiger partial charge in [0.05, 0.1) is 54.9 Å². The predicted molar refractivity (Wildman–Crippen MR) is 173 cm³/mol. The molecule has 2 saturated heterocycles. The van der Waals surface area contributed by atoms with Gasteiger partial charge in [-0.05, 0) is 61.1 Å². The number of methoxy groups -OCH3 is 1. The number of nitrogens with zero attached hydrogens (tertiary/aromatic N) is 2. The smallest absolute Gasteiger partial charge is 0.311 e. The summed E-state index contributed by atoms with van der Waals surface area (Å²) in [5.74, 6) is -4.17. The summed E-state index contributed by atoms with van der Waals surface area (Å²) in [6.07, 6.45) is -6.88. The molecule has 0 spiro atoms. The number of oxime groups is 1. The Morgan fingerprint density at radius 3 is 2.21 bits per heavy atom. The van der Waals surface area contributed by atoms with Gasteiger partial charge in [0.25, 0.3) is 0 Å². The summed E-state index contributed by atoms with van der Waals surface area (Å²) in [4.78, 5) is 20.8. The van der Waals surface area contributed by atoms with Crippen LogP contribution in [0.3, 0.4) is 0 Å². The van der Waals surface area contributed by atoms with Crippen LogP contribution in [0.25, 0.3) is 0 Å². The number of ether oxygens (including phenoxy) is 5. The van der Waals surface area contributed by atoms with Crippen molar-refractivity contribution >= 4 is 11.7 Å². The Labute approximate surface area is 280 Å². The highest BCUT2D eigenvalue weighted by atomic mass is 16.7. The second-order valence-corrected chi connectivity index (χ2v) is 14.2. The molecule has 2 heterocycles. The molecule has 14 heteroatoms. The fourth-order valence-electron chi connectivity index (χ4n) is 6.93. The van der Waals surface area contributed by atoms with Crippen molar-refractivity contribution in [3.63, 3.8) is 0 Å². The van der Waals surface area contributed by atoms with Crippen LogP contribution in [0.1, 0.15) is 74.7 Å². The highest BCUT2D eigenvalue weighted by molar-refractivity contribution is 5.88. The maximum atomic E-state index is 13.4. The molecule has 2 rings (SSSR count). The van der Waals surface area contributed by atoms with Crippen LogP contribution in [0.4, 0.5) is 0 Å². The van der Waals surface area contributed by atoms with Crippen LogP contribution >= 0.6 is 0 Å². The summed E-state index contributed by atoms with van der Waals surface area (Å²) in [5, 5.41) is 62.4. The third kappa shape index (κ3) is 10.5. The largest absolute Gasteiger partial charge is 0.459 e. The molecule has 0 bridgehead atoms. The zero-order valence-corrected chi connectivity index (χ0v) is 30.2. The molecule has 0 saturated carbocycles. The Balaban J connectivity index is 2.61. The normalized spacial score (nSPS) is 43.9. The van der Waals surface area contributed by atoms with Crippen molar-refractivity contribution in [2.45, 2.75) is 135 Å². The second kappa shape index (κ2) is 18.0. The molecule has 2 fully saturated rings. The van der Waals surface area contributed by atoms with Gasteiger partial charge in [-0.15, -0.1) is 0 Å². The van der Waals surface area contributed by atoms with Crippen molar-refractivity contribution in [3.8, 4) is 0 Å². The number of rotatable bonds is 10. The Kier molecular flexibility index (Phi) is 16.0. The lowest BCUT2D eigenvalue weighted by molar-refractivity contribution is -0.298. The van der Waals surface area contributed by atoms with Crippen LogP contribution in [0.2, 0.25) is 0 Å².